The predicted octanol–water partition coefficient (Wildman–Crippen LogP) is -0.424. The largest absolute Gasteiger partial charge is 0.479 e. The zero-order valence-corrected chi connectivity index (χ0v) is 9.17. The molecular formula is C11H14N2O4. The molecule has 0 aliphatic heterocycles. The number of carboxylic acid groups (broad SMARTS) is 1. The van der Waals surface area contributed by atoms with Gasteiger partial charge in [-0.3, -0.25) is 9.78 Å². The summed E-state index contributed by atoms with van der Waals surface area (Å²) in [5, 5.41) is 19.9. The molecule has 0 radical (unpaired) electrons. The summed E-state index contributed by atoms with van der Waals surface area (Å²) in [6.07, 6.45) is 1.97. The number of amides is 1. The highest BCUT2D eigenvalue weighted by Gasteiger charge is 2.12. The number of hydrogen-bond acceptors (Lipinski definition) is 4. The van der Waals surface area contributed by atoms with Gasteiger partial charge in [0.25, 0.3) is 0 Å². The van der Waals surface area contributed by atoms with Gasteiger partial charge >= 0.3 is 5.97 Å². The topological polar surface area (TPSA) is 99.5 Å². The normalized spacial score (nSPS) is 11.8. The summed E-state index contributed by atoms with van der Waals surface area (Å²) in [6, 6.07) is 3.46. The van der Waals surface area contributed by atoms with Gasteiger partial charge in [-0.25, -0.2) is 4.79 Å². The number of aliphatic hydroxyl groups is 1. The van der Waals surface area contributed by atoms with Crippen LogP contribution in [0, 0.1) is 0 Å². The van der Waals surface area contributed by atoms with E-state index in [2.05, 4.69) is 10.3 Å². The second-order valence-electron chi connectivity index (χ2n) is 3.52. The molecule has 92 valence electrons. The van der Waals surface area contributed by atoms with E-state index in [1.165, 1.54) is 0 Å². The number of rotatable bonds is 6. The molecule has 1 aromatic rings. The van der Waals surface area contributed by atoms with Crippen molar-refractivity contribution >= 4 is 11.9 Å². The fourth-order valence-corrected chi connectivity index (χ4v) is 1.22. The molecule has 1 aromatic heterocycles. The van der Waals surface area contributed by atoms with E-state index in [0.717, 1.165) is 5.56 Å². The minimum atomic E-state index is -1.43. The molecule has 6 nitrogen and oxygen atoms in total. The molecule has 0 fully saturated rings. The molecule has 3 N–H and O–H groups in total. The van der Waals surface area contributed by atoms with Gasteiger partial charge in [-0.05, 0) is 17.7 Å². The van der Waals surface area contributed by atoms with Gasteiger partial charge in [0.15, 0.2) is 6.10 Å². The maximum atomic E-state index is 11.4. The Morgan fingerprint density at radius 3 is 2.59 bits per heavy atom. The summed E-state index contributed by atoms with van der Waals surface area (Å²) in [7, 11) is 0. The monoisotopic (exact) mass is 238 g/mol. The van der Waals surface area contributed by atoms with E-state index < -0.39 is 12.1 Å². The summed E-state index contributed by atoms with van der Waals surface area (Å²) in [4.78, 5) is 25.5. The van der Waals surface area contributed by atoms with Crippen LogP contribution in [0.25, 0.3) is 0 Å². The van der Waals surface area contributed by atoms with Crippen molar-refractivity contribution in [1.29, 1.82) is 0 Å². The standard InChI is InChI=1S/C11H14N2O4/c14-9(11(16)17)3-6-13-10(15)7-8-1-4-12-5-2-8/h1-2,4-5,9,14H,3,6-7H2,(H,13,15)(H,16,17)/t9-/m0/s1. The lowest BCUT2D eigenvalue weighted by Crippen LogP contribution is -2.30. The average molecular weight is 238 g/mol. The quantitative estimate of drug-likeness (QED) is 0.625. The Balaban J connectivity index is 2.25. The first-order chi connectivity index (χ1) is 8.09. The minimum Gasteiger partial charge on any atom is -0.479 e. The van der Waals surface area contributed by atoms with Crippen molar-refractivity contribution in [3.63, 3.8) is 0 Å². The van der Waals surface area contributed by atoms with E-state index in [0.29, 0.717) is 0 Å². The predicted molar refractivity (Wildman–Crippen MR) is 59.2 cm³/mol. The second kappa shape index (κ2) is 6.59. The van der Waals surface area contributed by atoms with Crippen molar-refractivity contribution in [2.45, 2.75) is 18.9 Å². The molecule has 0 aromatic carbocycles. The molecule has 1 rings (SSSR count). The first-order valence-corrected chi connectivity index (χ1v) is 5.16. The third-order valence-corrected chi connectivity index (χ3v) is 2.14. The zero-order chi connectivity index (χ0) is 12.7. The average Bonchev–Trinajstić information content (AvgIpc) is 2.30. The molecule has 17 heavy (non-hydrogen) atoms. The molecule has 0 bridgehead atoms. The third kappa shape index (κ3) is 5.07. The lowest BCUT2D eigenvalue weighted by Gasteiger charge is -2.07. The molecular weight excluding hydrogens is 224 g/mol. The van der Waals surface area contributed by atoms with E-state index in [4.69, 9.17) is 10.2 Å². The maximum absolute atomic E-state index is 11.4. The van der Waals surface area contributed by atoms with E-state index >= 15 is 0 Å². The minimum absolute atomic E-state index is 0.00256. The van der Waals surface area contributed by atoms with Crippen LogP contribution in [0.5, 0.6) is 0 Å². The van der Waals surface area contributed by atoms with Gasteiger partial charge < -0.3 is 15.5 Å². The molecule has 0 spiro atoms. The van der Waals surface area contributed by atoms with Crippen LogP contribution < -0.4 is 5.32 Å². The van der Waals surface area contributed by atoms with Crippen LogP contribution in [0.15, 0.2) is 24.5 Å². The Morgan fingerprint density at radius 1 is 1.35 bits per heavy atom. The number of pyridine rings is 1. The molecule has 6 heteroatoms. The molecule has 0 aliphatic carbocycles. The third-order valence-electron chi connectivity index (χ3n) is 2.14. The maximum Gasteiger partial charge on any atom is 0.332 e. The molecule has 0 saturated heterocycles. The summed E-state index contributed by atoms with van der Waals surface area (Å²) in [5.41, 5.74) is 0.830. The fraction of sp³-hybridized carbons (Fsp3) is 0.364. The number of aromatic nitrogens is 1. The van der Waals surface area contributed by atoms with E-state index in [9.17, 15) is 9.59 Å². The summed E-state index contributed by atoms with van der Waals surface area (Å²) < 4.78 is 0. The van der Waals surface area contributed by atoms with Gasteiger partial charge in [0.2, 0.25) is 5.91 Å². The van der Waals surface area contributed by atoms with Crippen molar-refractivity contribution in [2.75, 3.05) is 6.54 Å². The van der Waals surface area contributed by atoms with E-state index in [-0.39, 0.29) is 25.3 Å². The van der Waals surface area contributed by atoms with Crippen LogP contribution in [-0.2, 0) is 16.0 Å². The molecule has 1 amide bonds. The van der Waals surface area contributed by atoms with Crippen LogP contribution in [-0.4, -0.2) is 39.7 Å². The summed E-state index contributed by atoms with van der Waals surface area (Å²) >= 11 is 0. The van der Waals surface area contributed by atoms with Gasteiger partial charge in [-0.1, -0.05) is 0 Å². The number of carbonyl (C=O) groups excluding carboxylic acids is 1. The number of nitrogens with one attached hydrogen (secondary N) is 1. The lowest BCUT2D eigenvalue weighted by atomic mass is 10.2. The Kier molecular flexibility index (Phi) is 5.09. The molecule has 0 unspecified atom stereocenters. The smallest absolute Gasteiger partial charge is 0.332 e. The number of carboxylic acids is 1. The highest BCUT2D eigenvalue weighted by Crippen LogP contribution is 1.97. The van der Waals surface area contributed by atoms with Gasteiger partial charge in [0, 0.05) is 25.4 Å². The first kappa shape index (κ1) is 13.1. The van der Waals surface area contributed by atoms with E-state index in [1.54, 1.807) is 24.5 Å². The van der Waals surface area contributed by atoms with Crippen molar-refractivity contribution in [3.05, 3.63) is 30.1 Å². The summed E-state index contributed by atoms with van der Waals surface area (Å²) in [6.45, 7) is 0.136. The van der Waals surface area contributed by atoms with Crippen LogP contribution in [0.4, 0.5) is 0 Å². The lowest BCUT2D eigenvalue weighted by molar-refractivity contribution is -0.147. The number of aliphatic hydroxyl groups excluding tert-OH is 1. The highest BCUT2D eigenvalue weighted by molar-refractivity contribution is 5.78. The number of aliphatic carboxylic acids is 1. The van der Waals surface area contributed by atoms with Crippen LogP contribution in [0.1, 0.15) is 12.0 Å². The van der Waals surface area contributed by atoms with Gasteiger partial charge in [0.05, 0.1) is 6.42 Å². The zero-order valence-electron chi connectivity index (χ0n) is 9.17. The first-order valence-electron chi connectivity index (χ1n) is 5.16. The number of carbonyl (C=O) groups is 2. The van der Waals surface area contributed by atoms with Crippen molar-refractivity contribution < 1.29 is 19.8 Å². The van der Waals surface area contributed by atoms with Crippen molar-refractivity contribution in [1.82, 2.24) is 10.3 Å². The number of hydrogen-bond donors (Lipinski definition) is 3. The number of nitrogens with zero attached hydrogens (tertiary/aromatic N) is 1. The molecule has 1 heterocycles. The Bertz CT molecular complexity index is 380. The Morgan fingerprint density at radius 2 is 2.00 bits per heavy atom. The van der Waals surface area contributed by atoms with Gasteiger partial charge in [-0.15, -0.1) is 0 Å². The highest BCUT2D eigenvalue weighted by atomic mass is 16.4. The van der Waals surface area contributed by atoms with Crippen LogP contribution >= 0.6 is 0 Å². The fourth-order valence-electron chi connectivity index (χ4n) is 1.22. The van der Waals surface area contributed by atoms with E-state index in [1.807, 2.05) is 0 Å². The summed E-state index contributed by atoms with van der Waals surface area (Å²) in [5.74, 6) is -1.50. The van der Waals surface area contributed by atoms with Crippen molar-refractivity contribution in [3.8, 4) is 0 Å². The van der Waals surface area contributed by atoms with Crippen LogP contribution in [0.2, 0.25) is 0 Å². The van der Waals surface area contributed by atoms with Gasteiger partial charge in [-0.2, -0.15) is 0 Å². The Labute approximate surface area is 98.3 Å². The van der Waals surface area contributed by atoms with Crippen LogP contribution in [0.3, 0.4) is 0 Å². The Hall–Kier alpha value is -1.95. The second-order valence-corrected chi connectivity index (χ2v) is 3.52. The van der Waals surface area contributed by atoms with Crippen molar-refractivity contribution in [2.24, 2.45) is 0 Å². The van der Waals surface area contributed by atoms with Gasteiger partial charge in [0.1, 0.15) is 0 Å². The molecule has 0 saturated carbocycles. The molecule has 0 aliphatic rings. The molecule has 1 atom stereocenters. The SMILES string of the molecule is O=C(Cc1ccncc1)NCC[C@H](O)C(=O)O.